The van der Waals surface area contributed by atoms with Crippen molar-refractivity contribution < 1.29 is 4.74 Å². The Morgan fingerprint density at radius 1 is 1.11 bits per heavy atom. The maximum absolute atomic E-state index is 5.43. The van der Waals surface area contributed by atoms with Gasteiger partial charge in [-0.2, -0.15) is 9.61 Å². The van der Waals surface area contributed by atoms with Crippen molar-refractivity contribution in [3.63, 3.8) is 0 Å². The second-order valence-corrected chi connectivity index (χ2v) is 4.57. The molecule has 0 unspecified atom stereocenters. The summed E-state index contributed by atoms with van der Waals surface area (Å²) in [5, 5.41) is 4.34. The summed E-state index contributed by atoms with van der Waals surface area (Å²) in [6, 6.07) is 13.7. The topological polar surface area (TPSA) is 39.4 Å². The first kappa shape index (κ1) is 11.2. The molecule has 3 aromatic rings. The molecule has 0 radical (unpaired) electrons. The molecule has 0 aliphatic carbocycles. The lowest BCUT2D eigenvalue weighted by molar-refractivity contribution is 0.388. The van der Waals surface area contributed by atoms with Crippen LogP contribution in [0.1, 0.15) is 0 Å². The SMILES string of the molecule is COc1c(-c2ccccc2)nc2ccc(Br)nn12. The third-order valence-corrected chi connectivity index (χ3v) is 3.07. The first-order valence-electron chi connectivity index (χ1n) is 5.44. The first-order valence-corrected chi connectivity index (χ1v) is 6.23. The zero-order chi connectivity index (χ0) is 12.5. The molecule has 2 heterocycles. The van der Waals surface area contributed by atoms with Crippen LogP contribution >= 0.6 is 15.9 Å². The summed E-state index contributed by atoms with van der Waals surface area (Å²) in [5.74, 6) is 0.637. The number of hydrogen-bond donors (Lipinski definition) is 0. The normalized spacial score (nSPS) is 10.8. The van der Waals surface area contributed by atoms with Crippen LogP contribution in [-0.4, -0.2) is 21.7 Å². The summed E-state index contributed by atoms with van der Waals surface area (Å²) in [6.45, 7) is 0. The van der Waals surface area contributed by atoms with Crippen molar-refractivity contribution in [1.29, 1.82) is 0 Å². The smallest absolute Gasteiger partial charge is 0.243 e. The lowest BCUT2D eigenvalue weighted by Crippen LogP contribution is -1.96. The molecule has 4 nitrogen and oxygen atoms in total. The fourth-order valence-corrected chi connectivity index (χ4v) is 2.15. The molecule has 0 saturated heterocycles. The zero-order valence-corrected chi connectivity index (χ0v) is 11.3. The van der Waals surface area contributed by atoms with E-state index in [1.165, 1.54) is 0 Å². The Bertz CT molecular complexity index is 694. The molecule has 0 amide bonds. The van der Waals surface area contributed by atoms with Crippen molar-refractivity contribution in [2.24, 2.45) is 0 Å². The van der Waals surface area contributed by atoms with Gasteiger partial charge in [-0.15, -0.1) is 0 Å². The van der Waals surface area contributed by atoms with Crippen LogP contribution in [0, 0.1) is 0 Å². The molecule has 5 heteroatoms. The number of rotatable bonds is 2. The molecule has 3 rings (SSSR count). The number of ether oxygens (including phenoxy) is 1. The third-order valence-electron chi connectivity index (χ3n) is 2.64. The van der Waals surface area contributed by atoms with E-state index in [-0.39, 0.29) is 0 Å². The van der Waals surface area contributed by atoms with Crippen molar-refractivity contribution in [1.82, 2.24) is 14.6 Å². The van der Waals surface area contributed by atoms with Gasteiger partial charge in [0.25, 0.3) is 0 Å². The lowest BCUT2D eigenvalue weighted by Gasteiger charge is -2.02. The first-order chi connectivity index (χ1) is 8.79. The minimum atomic E-state index is 0.637. The quantitative estimate of drug-likeness (QED) is 0.730. The molecule has 0 bridgehead atoms. The van der Waals surface area contributed by atoms with Gasteiger partial charge in [0.1, 0.15) is 10.3 Å². The van der Waals surface area contributed by atoms with E-state index >= 15 is 0 Å². The van der Waals surface area contributed by atoms with Crippen LogP contribution in [0.25, 0.3) is 16.9 Å². The molecule has 0 atom stereocenters. The second-order valence-electron chi connectivity index (χ2n) is 3.76. The highest BCUT2D eigenvalue weighted by atomic mass is 79.9. The van der Waals surface area contributed by atoms with Gasteiger partial charge in [0.05, 0.1) is 7.11 Å². The monoisotopic (exact) mass is 303 g/mol. The molecule has 0 fully saturated rings. The summed E-state index contributed by atoms with van der Waals surface area (Å²) in [6.07, 6.45) is 0. The number of methoxy groups -OCH3 is 1. The summed E-state index contributed by atoms with van der Waals surface area (Å²) >= 11 is 3.35. The van der Waals surface area contributed by atoms with Crippen molar-refractivity contribution in [2.45, 2.75) is 0 Å². The third kappa shape index (κ3) is 1.76. The van der Waals surface area contributed by atoms with E-state index in [0.29, 0.717) is 5.88 Å². The van der Waals surface area contributed by atoms with Gasteiger partial charge in [0, 0.05) is 5.56 Å². The van der Waals surface area contributed by atoms with Crippen LogP contribution < -0.4 is 4.74 Å². The van der Waals surface area contributed by atoms with Crippen LogP contribution in [-0.2, 0) is 0 Å². The number of hydrogen-bond acceptors (Lipinski definition) is 3. The summed E-state index contributed by atoms with van der Waals surface area (Å²) in [5.41, 5.74) is 2.56. The van der Waals surface area contributed by atoms with Gasteiger partial charge in [-0.3, -0.25) is 0 Å². The average Bonchev–Trinajstić information content (AvgIpc) is 2.77. The van der Waals surface area contributed by atoms with Crippen molar-refractivity contribution in [3.05, 3.63) is 47.1 Å². The largest absolute Gasteiger partial charge is 0.479 e. The highest BCUT2D eigenvalue weighted by Gasteiger charge is 2.15. The van der Waals surface area contributed by atoms with Crippen molar-refractivity contribution >= 4 is 21.6 Å². The zero-order valence-electron chi connectivity index (χ0n) is 9.67. The standard InChI is InChI=1S/C13H10BrN3O/c1-18-13-12(9-5-3-2-4-6-9)15-11-8-7-10(14)16-17(11)13/h2-8H,1H3. The average molecular weight is 304 g/mol. The molecule has 90 valence electrons. The van der Waals surface area contributed by atoms with Gasteiger partial charge in [0.15, 0.2) is 5.65 Å². The molecule has 0 spiro atoms. The van der Waals surface area contributed by atoms with E-state index in [2.05, 4.69) is 26.0 Å². The Hall–Kier alpha value is -1.88. The number of benzene rings is 1. The van der Waals surface area contributed by atoms with E-state index in [4.69, 9.17) is 4.74 Å². The van der Waals surface area contributed by atoms with Gasteiger partial charge in [-0.05, 0) is 28.1 Å². The van der Waals surface area contributed by atoms with Crippen LogP contribution in [0.4, 0.5) is 0 Å². The number of nitrogens with zero attached hydrogens (tertiary/aromatic N) is 3. The Morgan fingerprint density at radius 3 is 2.61 bits per heavy atom. The fourth-order valence-electron chi connectivity index (χ4n) is 1.86. The Morgan fingerprint density at radius 2 is 1.89 bits per heavy atom. The second kappa shape index (κ2) is 4.42. The predicted molar refractivity (Wildman–Crippen MR) is 72.7 cm³/mol. The van der Waals surface area contributed by atoms with Crippen LogP contribution in [0.15, 0.2) is 47.1 Å². The maximum Gasteiger partial charge on any atom is 0.243 e. The molecule has 18 heavy (non-hydrogen) atoms. The number of imidazole rings is 1. The highest BCUT2D eigenvalue weighted by molar-refractivity contribution is 9.10. The Balaban J connectivity index is 2.30. The highest BCUT2D eigenvalue weighted by Crippen LogP contribution is 2.29. The lowest BCUT2D eigenvalue weighted by atomic mass is 10.2. The van der Waals surface area contributed by atoms with Crippen LogP contribution in [0.2, 0.25) is 0 Å². The maximum atomic E-state index is 5.43. The summed E-state index contributed by atoms with van der Waals surface area (Å²) in [7, 11) is 1.62. The summed E-state index contributed by atoms with van der Waals surface area (Å²) < 4.78 is 7.85. The molecule has 0 aliphatic rings. The van der Waals surface area contributed by atoms with E-state index in [1.807, 2.05) is 42.5 Å². The van der Waals surface area contributed by atoms with Gasteiger partial charge in [-0.1, -0.05) is 30.3 Å². The van der Waals surface area contributed by atoms with E-state index in [9.17, 15) is 0 Å². The minimum Gasteiger partial charge on any atom is -0.479 e. The Kier molecular flexibility index (Phi) is 2.76. The number of fused-ring (bicyclic) bond motifs is 1. The van der Waals surface area contributed by atoms with Gasteiger partial charge >= 0.3 is 0 Å². The van der Waals surface area contributed by atoms with Crippen molar-refractivity contribution in [3.8, 4) is 17.1 Å². The van der Waals surface area contributed by atoms with E-state index in [1.54, 1.807) is 11.6 Å². The molecular weight excluding hydrogens is 294 g/mol. The molecular formula is C13H10BrN3O. The van der Waals surface area contributed by atoms with Crippen LogP contribution in [0.5, 0.6) is 5.88 Å². The molecule has 2 aromatic heterocycles. The van der Waals surface area contributed by atoms with E-state index < -0.39 is 0 Å². The molecule has 1 aromatic carbocycles. The fraction of sp³-hybridized carbons (Fsp3) is 0.0769. The van der Waals surface area contributed by atoms with Gasteiger partial charge in [0.2, 0.25) is 5.88 Å². The molecule has 0 aliphatic heterocycles. The Labute approximate surface area is 112 Å². The summed E-state index contributed by atoms with van der Waals surface area (Å²) in [4.78, 5) is 4.55. The van der Waals surface area contributed by atoms with Crippen LogP contribution in [0.3, 0.4) is 0 Å². The molecule has 0 N–H and O–H groups in total. The molecule has 0 saturated carbocycles. The number of aromatic nitrogens is 3. The predicted octanol–water partition coefficient (Wildman–Crippen LogP) is 3.17. The van der Waals surface area contributed by atoms with Gasteiger partial charge < -0.3 is 4.74 Å². The van der Waals surface area contributed by atoms with Gasteiger partial charge in [-0.25, -0.2) is 4.98 Å². The van der Waals surface area contributed by atoms with Crippen molar-refractivity contribution in [2.75, 3.05) is 7.11 Å². The van der Waals surface area contributed by atoms with E-state index in [0.717, 1.165) is 21.5 Å². The minimum absolute atomic E-state index is 0.637. The number of halogens is 1.